The summed E-state index contributed by atoms with van der Waals surface area (Å²) in [6, 6.07) is 12.9. The first kappa shape index (κ1) is 12.9. The number of para-hydroxylation sites is 1. The van der Waals surface area contributed by atoms with E-state index in [1.807, 2.05) is 36.4 Å². The van der Waals surface area contributed by atoms with E-state index in [0.717, 1.165) is 22.8 Å². The fraction of sp³-hybridized carbons (Fsp3) is 0.375. The summed E-state index contributed by atoms with van der Waals surface area (Å²) < 4.78 is 0. The van der Waals surface area contributed by atoms with E-state index in [1.165, 1.54) is 12.8 Å². The molecule has 1 aliphatic rings. The van der Waals surface area contributed by atoms with Gasteiger partial charge < -0.3 is 10.6 Å². The maximum absolute atomic E-state index is 5.98. The lowest BCUT2D eigenvalue weighted by Crippen LogP contribution is -2.33. The summed E-state index contributed by atoms with van der Waals surface area (Å²) in [6.07, 6.45) is 2.44. The molecule has 4 nitrogen and oxygen atoms in total. The van der Waals surface area contributed by atoms with Crippen molar-refractivity contribution in [1.82, 2.24) is 10.2 Å². The molecule has 104 valence electrons. The molecule has 2 heterocycles. The molecule has 2 N–H and O–H groups in total. The van der Waals surface area contributed by atoms with Crippen LogP contribution in [0, 0.1) is 0 Å². The average molecular weight is 268 g/mol. The van der Waals surface area contributed by atoms with Gasteiger partial charge in [0.25, 0.3) is 0 Å². The first-order valence-electron chi connectivity index (χ1n) is 7.14. The molecule has 2 aromatic rings. The molecule has 0 aliphatic carbocycles. The molecule has 1 fully saturated rings. The third-order valence-electron chi connectivity index (χ3n) is 4.10. The topological polar surface area (TPSA) is 55.0 Å². The third kappa shape index (κ3) is 2.22. The Morgan fingerprint density at radius 2 is 1.70 bits per heavy atom. The van der Waals surface area contributed by atoms with Gasteiger partial charge in [-0.25, -0.2) is 0 Å². The van der Waals surface area contributed by atoms with Gasteiger partial charge in [-0.15, -0.1) is 10.2 Å². The molecular weight excluding hydrogens is 248 g/mol. The largest absolute Gasteiger partial charge is 0.398 e. The Morgan fingerprint density at radius 3 is 2.30 bits per heavy atom. The smallest absolute Gasteiger partial charge is 0.151 e. The second-order valence-corrected chi connectivity index (χ2v) is 5.55. The van der Waals surface area contributed by atoms with Crippen molar-refractivity contribution in [1.29, 1.82) is 0 Å². The van der Waals surface area contributed by atoms with Crippen LogP contribution < -0.4 is 10.6 Å². The molecule has 1 aromatic heterocycles. The van der Waals surface area contributed by atoms with Crippen LogP contribution in [-0.4, -0.2) is 22.3 Å². The summed E-state index contributed by atoms with van der Waals surface area (Å²) >= 11 is 0. The second-order valence-electron chi connectivity index (χ2n) is 5.55. The Hall–Kier alpha value is -2.10. The number of anilines is 2. The van der Waals surface area contributed by atoms with E-state index in [1.54, 1.807) is 0 Å². The van der Waals surface area contributed by atoms with Gasteiger partial charge in [-0.3, -0.25) is 0 Å². The molecule has 0 spiro atoms. The van der Waals surface area contributed by atoms with Gasteiger partial charge in [-0.1, -0.05) is 18.2 Å². The Kier molecular flexibility index (Phi) is 3.30. The van der Waals surface area contributed by atoms with Crippen LogP contribution >= 0.6 is 0 Å². The number of rotatable bonds is 2. The first-order chi connectivity index (χ1) is 9.66. The predicted octanol–water partition coefficient (Wildman–Crippen LogP) is 3.10. The summed E-state index contributed by atoms with van der Waals surface area (Å²) in [4.78, 5) is 2.35. The highest BCUT2D eigenvalue weighted by Crippen LogP contribution is 2.30. The third-order valence-corrected chi connectivity index (χ3v) is 4.10. The van der Waals surface area contributed by atoms with E-state index in [-0.39, 0.29) is 0 Å². The molecule has 2 atom stereocenters. The van der Waals surface area contributed by atoms with Crippen LogP contribution in [0.5, 0.6) is 0 Å². The van der Waals surface area contributed by atoms with Gasteiger partial charge in [0.15, 0.2) is 5.82 Å². The van der Waals surface area contributed by atoms with Gasteiger partial charge in [0.05, 0.1) is 5.69 Å². The quantitative estimate of drug-likeness (QED) is 0.850. The van der Waals surface area contributed by atoms with Gasteiger partial charge in [0.1, 0.15) is 0 Å². The summed E-state index contributed by atoms with van der Waals surface area (Å²) in [6.45, 7) is 4.49. The number of benzene rings is 1. The molecular formula is C16H20N4. The molecule has 1 aliphatic heterocycles. The highest BCUT2D eigenvalue weighted by molar-refractivity contribution is 5.73. The fourth-order valence-electron chi connectivity index (χ4n) is 2.98. The lowest BCUT2D eigenvalue weighted by Gasteiger charge is -2.26. The lowest BCUT2D eigenvalue weighted by atomic mass is 10.1. The van der Waals surface area contributed by atoms with E-state index in [4.69, 9.17) is 5.73 Å². The highest BCUT2D eigenvalue weighted by Gasteiger charge is 2.28. The van der Waals surface area contributed by atoms with Crippen LogP contribution in [0.4, 0.5) is 11.5 Å². The molecule has 20 heavy (non-hydrogen) atoms. The fourth-order valence-corrected chi connectivity index (χ4v) is 2.98. The Bertz CT molecular complexity index is 584. The Balaban J connectivity index is 1.90. The van der Waals surface area contributed by atoms with Gasteiger partial charge in [-0.05, 0) is 44.9 Å². The predicted molar refractivity (Wildman–Crippen MR) is 82.5 cm³/mol. The molecule has 3 rings (SSSR count). The van der Waals surface area contributed by atoms with Gasteiger partial charge in [0.2, 0.25) is 0 Å². The number of nitrogens with two attached hydrogens (primary N) is 1. The normalized spacial score (nSPS) is 22.2. The van der Waals surface area contributed by atoms with Gasteiger partial charge >= 0.3 is 0 Å². The Morgan fingerprint density at radius 1 is 1.00 bits per heavy atom. The first-order valence-corrected chi connectivity index (χ1v) is 7.14. The SMILES string of the molecule is CC1CCC(C)N1c1ccc(-c2ccccc2N)nn1. The summed E-state index contributed by atoms with van der Waals surface area (Å²) in [7, 11) is 0. The van der Waals surface area contributed by atoms with E-state index in [0.29, 0.717) is 12.1 Å². The van der Waals surface area contributed by atoms with Crippen molar-refractivity contribution in [3.63, 3.8) is 0 Å². The zero-order valence-corrected chi connectivity index (χ0v) is 12.0. The molecule has 0 bridgehead atoms. The van der Waals surface area contributed by atoms with Crippen LogP contribution in [0.1, 0.15) is 26.7 Å². The van der Waals surface area contributed by atoms with E-state index >= 15 is 0 Å². The number of nitrogen functional groups attached to an aromatic ring is 1. The summed E-state index contributed by atoms with van der Waals surface area (Å²) in [5, 5.41) is 8.75. The Labute approximate surface area is 119 Å². The van der Waals surface area contributed by atoms with Crippen LogP contribution in [0.2, 0.25) is 0 Å². The lowest BCUT2D eigenvalue weighted by molar-refractivity contribution is 0.676. The van der Waals surface area contributed by atoms with Gasteiger partial charge in [0, 0.05) is 23.3 Å². The van der Waals surface area contributed by atoms with Crippen molar-refractivity contribution in [3.05, 3.63) is 36.4 Å². The minimum absolute atomic E-state index is 0.534. The molecule has 0 saturated carbocycles. The molecule has 0 amide bonds. The van der Waals surface area contributed by atoms with Gasteiger partial charge in [-0.2, -0.15) is 0 Å². The number of hydrogen-bond acceptors (Lipinski definition) is 4. The van der Waals surface area contributed by atoms with E-state index < -0.39 is 0 Å². The van der Waals surface area contributed by atoms with Crippen LogP contribution in [0.15, 0.2) is 36.4 Å². The minimum Gasteiger partial charge on any atom is -0.398 e. The van der Waals surface area contributed by atoms with E-state index in [9.17, 15) is 0 Å². The summed E-state index contributed by atoms with van der Waals surface area (Å²) in [5.74, 6) is 0.959. The highest BCUT2D eigenvalue weighted by atomic mass is 15.3. The van der Waals surface area contributed by atoms with Crippen LogP contribution in [-0.2, 0) is 0 Å². The zero-order valence-electron chi connectivity index (χ0n) is 12.0. The number of aromatic nitrogens is 2. The summed E-state index contributed by atoms with van der Waals surface area (Å²) in [5.41, 5.74) is 8.48. The van der Waals surface area contributed by atoms with Crippen LogP contribution in [0.25, 0.3) is 11.3 Å². The minimum atomic E-state index is 0.534. The van der Waals surface area contributed by atoms with Crippen molar-refractivity contribution in [2.45, 2.75) is 38.8 Å². The molecule has 2 unspecified atom stereocenters. The van der Waals surface area contributed by atoms with Crippen molar-refractivity contribution in [2.75, 3.05) is 10.6 Å². The van der Waals surface area contributed by atoms with E-state index in [2.05, 4.69) is 28.9 Å². The second kappa shape index (κ2) is 5.12. The van der Waals surface area contributed by atoms with Crippen molar-refractivity contribution in [3.8, 4) is 11.3 Å². The van der Waals surface area contributed by atoms with Crippen molar-refractivity contribution in [2.24, 2.45) is 0 Å². The maximum Gasteiger partial charge on any atom is 0.151 e. The maximum atomic E-state index is 5.98. The number of hydrogen-bond donors (Lipinski definition) is 1. The monoisotopic (exact) mass is 268 g/mol. The molecule has 0 radical (unpaired) electrons. The van der Waals surface area contributed by atoms with Crippen molar-refractivity contribution < 1.29 is 0 Å². The standard InChI is InChI=1S/C16H20N4/c1-11-7-8-12(2)20(11)16-10-9-15(18-19-16)13-5-3-4-6-14(13)17/h3-6,9-12H,7-8,17H2,1-2H3. The number of nitrogens with zero attached hydrogens (tertiary/aromatic N) is 3. The average Bonchev–Trinajstić information content (AvgIpc) is 2.79. The van der Waals surface area contributed by atoms with Crippen LogP contribution in [0.3, 0.4) is 0 Å². The molecule has 1 aromatic carbocycles. The molecule has 4 heteroatoms. The van der Waals surface area contributed by atoms with Crippen molar-refractivity contribution >= 4 is 11.5 Å². The molecule has 1 saturated heterocycles. The zero-order chi connectivity index (χ0) is 14.1.